The van der Waals surface area contributed by atoms with Crippen molar-refractivity contribution in [3.8, 4) is 0 Å². The van der Waals surface area contributed by atoms with Gasteiger partial charge < -0.3 is 10.2 Å². The molecular weight excluding hydrogens is 240 g/mol. The molecule has 0 saturated carbocycles. The maximum atomic E-state index is 11.8. The minimum Gasteiger partial charge on any atom is -0.352 e. The van der Waals surface area contributed by atoms with E-state index in [1.54, 1.807) is 0 Å². The maximum absolute atomic E-state index is 11.8. The smallest absolute Gasteiger partial charge is 0.240 e. The van der Waals surface area contributed by atoms with Gasteiger partial charge in [0.15, 0.2) is 0 Å². The zero-order valence-electron chi connectivity index (χ0n) is 12.3. The van der Waals surface area contributed by atoms with Crippen molar-refractivity contribution in [3.05, 3.63) is 29.3 Å². The third-order valence-corrected chi connectivity index (χ3v) is 2.65. The van der Waals surface area contributed by atoms with E-state index in [-0.39, 0.29) is 24.4 Å². The molecule has 2 amide bonds. The Balaban J connectivity index is 2.94. The van der Waals surface area contributed by atoms with Crippen LogP contribution in [0.15, 0.2) is 18.2 Å². The number of nitrogens with zero attached hydrogens (tertiary/aromatic N) is 1. The molecule has 0 bridgehead atoms. The second kappa shape index (κ2) is 6.36. The summed E-state index contributed by atoms with van der Waals surface area (Å²) in [4.78, 5) is 25.0. The summed E-state index contributed by atoms with van der Waals surface area (Å²) in [5, 5.41) is 2.79. The predicted octanol–water partition coefficient (Wildman–Crippen LogP) is 2.18. The van der Waals surface area contributed by atoms with Crippen LogP contribution in [0.25, 0.3) is 0 Å². The van der Waals surface area contributed by atoms with E-state index >= 15 is 0 Å². The molecule has 19 heavy (non-hydrogen) atoms. The summed E-state index contributed by atoms with van der Waals surface area (Å²) in [6.45, 7) is 9.27. The summed E-state index contributed by atoms with van der Waals surface area (Å²) in [6, 6.07) is 5.94. The van der Waals surface area contributed by atoms with Gasteiger partial charge in [-0.25, -0.2) is 0 Å². The van der Waals surface area contributed by atoms with Crippen molar-refractivity contribution in [1.82, 2.24) is 5.32 Å². The molecule has 4 heteroatoms. The van der Waals surface area contributed by atoms with Crippen molar-refractivity contribution < 1.29 is 9.59 Å². The monoisotopic (exact) mass is 262 g/mol. The lowest BCUT2D eigenvalue weighted by Crippen LogP contribution is -2.42. The Bertz CT molecular complexity index is 461. The Kier molecular flexibility index (Phi) is 5.10. The van der Waals surface area contributed by atoms with E-state index in [0.717, 1.165) is 16.8 Å². The summed E-state index contributed by atoms with van der Waals surface area (Å²) in [5.41, 5.74) is 2.92. The van der Waals surface area contributed by atoms with Gasteiger partial charge in [0, 0.05) is 18.7 Å². The second-order valence-electron chi connectivity index (χ2n) is 5.17. The van der Waals surface area contributed by atoms with Gasteiger partial charge in [0.25, 0.3) is 0 Å². The quantitative estimate of drug-likeness (QED) is 0.904. The minimum absolute atomic E-state index is 0.0520. The summed E-state index contributed by atoms with van der Waals surface area (Å²) < 4.78 is 0. The highest BCUT2D eigenvalue weighted by Crippen LogP contribution is 2.18. The SMILES string of the molecule is CC(=O)N(CC(=O)NC(C)C)c1cc(C)cc(C)c1. The van der Waals surface area contributed by atoms with Crippen LogP contribution in [0.3, 0.4) is 0 Å². The number of nitrogens with one attached hydrogen (secondary N) is 1. The number of benzene rings is 1. The van der Waals surface area contributed by atoms with Crippen molar-refractivity contribution in [1.29, 1.82) is 0 Å². The number of carbonyl (C=O) groups is 2. The molecule has 0 aliphatic carbocycles. The zero-order chi connectivity index (χ0) is 14.6. The van der Waals surface area contributed by atoms with E-state index in [0.29, 0.717) is 0 Å². The second-order valence-corrected chi connectivity index (χ2v) is 5.17. The van der Waals surface area contributed by atoms with Crippen LogP contribution >= 0.6 is 0 Å². The largest absolute Gasteiger partial charge is 0.352 e. The third-order valence-electron chi connectivity index (χ3n) is 2.65. The van der Waals surface area contributed by atoms with E-state index in [1.807, 2.05) is 45.9 Å². The number of hydrogen-bond acceptors (Lipinski definition) is 2. The fraction of sp³-hybridized carbons (Fsp3) is 0.467. The minimum atomic E-state index is -0.149. The molecule has 0 aliphatic heterocycles. The van der Waals surface area contributed by atoms with Gasteiger partial charge in [-0.3, -0.25) is 9.59 Å². The number of carbonyl (C=O) groups excluding carboxylic acids is 2. The first-order chi connectivity index (χ1) is 8.79. The fourth-order valence-electron chi connectivity index (χ4n) is 2.00. The number of anilines is 1. The zero-order valence-corrected chi connectivity index (χ0v) is 12.3. The summed E-state index contributed by atoms with van der Waals surface area (Å²) in [5.74, 6) is -0.284. The molecule has 1 aromatic rings. The molecule has 4 nitrogen and oxygen atoms in total. The molecule has 0 aliphatic rings. The first-order valence-corrected chi connectivity index (χ1v) is 6.45. The molecule has 104 valence electrons. The van der Waals surface area contributed by atoms with Gasteiger partial charge in [-0.2, -0.15) is 0 Å². The van der Waals surface area contributed by atoms with Crippen LogP contribution in [0.1, 0.15) is 31.9 Å². The third kappa shape index (κ3) is 4.73. The lowest BCUT2D eigenvalue weighted by atomic mass is 10.1. The van der Waals surface area contributed by atoms with Crippen LogP contribution in [0, 0.1) is 13.8 Å². The lowest BCUT2D eigenvalue weighted by molar-refractivity contribution is -0.123. The van der Waals surface area contributed by atoms with Crippen molar-refractivity contribution in [2.75, 3.05) is 11.4 Å². The molecule has 1 aromatic carbocycles. The lowest BCUT2D eigenvalue weighted by Gasteiger charge is -2.22. The van der Waals surface area contributed by atoms with Crippen LogP contribution in [0.4, 0.5) is 5.69 Å². The first kappa shape index (κ1) is 15.2. The molecule has 0 atom stereocenters. The topological polar surface area (TPSA) is 49.4 Å². The van der Waals surface area contributed by atoms with Crippen molar-refractivity contribution in [3.63, 3.8) is 0 Å². The van der Waals surface area contributed by atoms with Crippen LogP contribution in [0.2, 0.25) is 0 Å². The molecule has 0 saturated heterocycles. The molecule has 0 spiro atoms. The Morgan fingerprint density at radius 3 is 2.11 bits per heavy atom. The molecule has 1 N–H and O–H groups in total. The molecule has 0 heterocycles. The fourth-order valence-corrected chi connectivity index (χ4v) is 2.00. The van der Waals surface area contributed by atoms with E-state index in [4.69, 9.17) is 0 Å². The Morgan fingerprint density at radius 2 is 1.68 bits per heavy atom. The Labute approximate surface area is 114 Å². The number of rotatable bonds is 4. The normalized spacial score (nSPS) is 10.4. The molecule has 0 unspecified atom stereocenters. The van der Waals surface area contributed by atoms with Gasteiger partial charge in [-0.05, 0) is 51.0 Å². The molecule has 0 fully saturated rings. The van der Waals surface area contributed by atoms with Gasteiger partial charge in [0.2, 0.25) is 11.8 Å². The van der Waals surface area contributed by atoms with Crippen molar-refractivity contribution in [2.45, 2.75) is 40.7 Å². The average molecular weight is 262 g/mol. The predicted molar refractivity (Wildman–Crippen MR) is 77.2 cm³/mol. The summed E-state index contributed by atoms with van der Waals surface area (Å²) >= 11 is 0. The Morgan fingerprint density at radius 1 is 1.16 bits per heavy atom. The van der Waals surface area contributed by atoms with Crippen LogP contribution in [0.5, 0.6) is 0 Å². The van der Waals surface area contributed by atoms with Crippen LogP contribution in [-0.4, -0.2) is 24.4 Å². The van der Waals surface area contributed by atoms with E-state index in [1.165, 1.54) is 11.8 Å². The highest BCUT2D eigenvalue weighted by molar-refractivity contribution is 5.97. The maximum Gasteiger partial charge on any atom is 0.240 e. The summed E-state index contributed by atoms with van der Waals surface area (Å²) in [7, 11) is 0. The van der Waals surface area contributed by atoms with Crippen molar-refractivity contribution >= 4 is 17.5 Å². The standard InChI is InChI=1S/C15H22N2O2/c1-10(2)16-15(19)9-17(13(5)18)14-7-11(3)6-12(4)8-14/h6-8,10H,9H2,1-5H3,(H,16,19). The van der Waals surface area contributed by atoms with Crippen molar-refractivity contribution in [2.24, 2.45) is 0 Å². The average Bonchev–Trinajstić information content (AvgIpc) is 2.22. The highest BCUT2D eigenvalue weighted by atomic mass is 16.2. The van der Waals surface area contributed by atoms with E-state index in [2.05, 4.69) is 5.32 Å². The van der Waals surface area contributed by atoms with Gasteiger partial charge in [-0.1, -0.05) is 6.07 Å². The van der Waals surface area contributed by atoms with Gasteiger partial charge in [0.1, 0.15) is 6.54 Å². The number of hydrogen-bond donors (Lipinski definition) is 1. The Hall–Kier alpha value is -1.84. The van der Waals surface area contributed by atoms with Gasteiger partial charge >= 0.3 is 0 Å². The summed E-state index contributed by atoms with van der Waals surface area (Å²) in [6.07, 6.45) is 0. The first-order valence-electron chi connectivity index (χ1n) is 6.45. The molecule has 0 aromatic heterocycles. The van der Waals surface area contributed by atoms with Crippen LogP contribution < -0.4 is 10.2 Å². The number of aryl methyl sites for hydroxylation is 2. The molecule has 1 rings (SSSR count). The van der Waals surface area contributed by atoms with E-state index in [9.17, 15) is 9.59 Å². The van der Waals surface area contributed by atoms with Gasteiger partial charge in [-0.15, -0.1) is 0 Å². The molecule has 0 radical (unpaired) electrons. The molecular formula is C15H22N2O2. The number of amides is 2. The van der Waals surface area contributed by atoms with Crippen LogP contribution in [-0.2, 0) is 9.59 Å². The van der Waals surface area contributed by atoms with Gasteiger partial charge in [0.05, 0.1) is 0 Å². The highest BCUT2D eigenvalue weighted by Gasteiger charge is 2.16. The van der Waals surface area contributed by atoms with E-state index < -0.39 is 0 Å².